The summed E-state index contributed by atoms with van der Waals surface area (Å²) in [5, 5.41) is 10.1. The van der Waals surface area contributed by atoms with E-state index in [1.165, 1.54) is 12.1 Å². The van der Waals surface area contributed by atoms with Crippen LogP contribution >= 0.6 is 0 Å². The third-order valence-electron chi connectivity index (χ3n) is 3.09. The maximum absolute atomic E-state index is 13.0. The molecule has 0 amide bonds. The van der Waals surface area contributed by atoms with E-state index in [4.69, 9.17) is 4.74 Å². The topological polar surface area (TPSA) is 29.5 Å². The highest BCUT2D eigenvalue weighted by molar-refractivity contribution is 5.34. The fraction of sp³-hybridized carbons (Fsp3) is 0.250. The molecule has 106 valence electrons. The lowest BCUT2D eigenvalue weighted by atomic mass is 9.93. The van der Waals surface area contributed by atoms with Crippen LogP contribution in [0.1, 0.15) is 18.9 Å². The minimum Gasteiger partial charge on any atom is -0.457 e. The predicted octanol–water partition coefficient (Wildman–Crippen LogP) is 4.19. The maximum atomic E-state index is 13.0. The van der Waals surface area contributed by atoms with Crippen LogP contribution in [-0.4, -0.2) is 11.8 Å². The minimum absolute atomic E-state index is 0.0388. The third-order valence-corrected chi connectivity index (χ3v) is 3.09. The lowest BCUT2D eigenvalue weighted by molar-refractivity contribution is 0.0408. The van der Waals surface area contributed by atoms with Gasteiger partial charge in [-0.15, -0.1) is 0 Å². The van der Waals surface area contributed by atoms with E-state index in [0.717, 1.165) is 0 Å². The molecule has 0 heterocycles. The Kier molecular flexibility index (Phi) is 4.35. The number of hydrogen-bond donors (Lipinski definition) is 1. The molecule has 0 aliphatic rings. The highest BCUT2D eigenvalue weighted by Crippen LogP contribution is 2.28. The lowest BCUT2D eigenvalue weighted by Gasteiger charge is -2.22. The van der Waals surface area contributed by atoms with Gasteiger partial charge in [-0.25, -0.2) is 4.39 Å². The average molecular weight is 278 g/mol. The van der Waals surface area contributed by atoms with E-state index < -0.39 is 12.3 Å². The summed E-state index contributed by atoms with van der Waals surface area (Å²) < 4.78 is 30.9. The zero-order valence-electron chi connectivity index (χ0n) is 11.1. The summed E-state index contributed by atoms with van der Waals surface area (Å²) in [5.41, 5.74) is -0.590. The van der Waals surface area contributed by atoms with Crippen molar-refractivity contribution in [1.29, 1.82) is 0 Å². The zero-order valence-corrected chi connectivity index (χ0v) is 11.1. The minimum atomic E-state index is -1.20. The van der Waals surface area contributed by atoms with E-state index in [-0.39, 0.29) is 12.2 Å². The summed E-state index contributed by atoms with van der Waals surface area (Å²) in [6.07, 6.45) is 0.0388. The van der Waals surface area contributed by atoms with Gasteiger partial charge in [-0.3, -0.25) is 4.39 Å². The van der Waals surface area contributed by atoms with Crippen molar-refractivity contribution in [3.8, 4) is 11.5 Å². The normalized spacial score (nSPS) is 13.8. The van der Waals surface area contributed by atoms with E-state index in [0.29, 0.717) is 17.1 Å². The van der Waals surface area contributed by atoms with Gasteiger partial charge in [0.25, 0.3) is 0 Å². The summed E-state index contributed by atoms with van der Waals surface area (Å²) in [7, 11) is 0. The summed E-state index contributed by atoms with van der Waals surface area (Å²) in [6.45, 7) is 0.976. The molecule has 1 N–H and O–H groups in total. The molecule has 1 atom stereocenters. The summed E-state index contributed by atoms with van der Waals surface area (Å²) in [4.78, 5) is 0. The van der Waals surface area contributed by atoms with E-state index in [9.17, 15) is 13.9 Å². The van der Waals surface area contributed by atoms with Crippen LogP contribution in [-0.2, 0) is 5.60 Å². The Morgan fingerprint density at radius 1 is 1.10 bits per heavy atom. The van der Waals surface area contributed by atoms with E-state index in [1.54, 1.807) is 43.3 Å². The highest BCUT2D eigenvalue weighted by atomic mass is 19.1. The molecule has 0 saturated carbocycles. The monoisotopic (exact) mass is 278 g/mol. The molecule has 2 aromatic carbocycles. The molecule has 2 aromatic rings. The van der Waals surface area contributed by atoms with Gasteiger partial charge in [0, 0.05) is 12.5 Å². The summed E-state index contributed by atoms with van der Waals surface area (Å²) in [5.74, 6) is 0.550. The smallest absolute Gasteiger partial charge is 0.130 e. The van der Waals surface area contributed by atoms with Crippen LogP contribution < -0.4 is 4.74 Å². The second-order valence-corrected chi connectivity index (χ2v) is 4.80. The van der Waals surface area contributed by atoms with Gasteiger partial charge >= 0.3 is 0 Å². The number of hydrogen-bond acceptors (Lipinski definition) is 2. The molecule has 0 aliphatic heterocycles. The van der Waals surface area contributed by atoms with Crippen molar-refractivity contribution in [2.75, 3.05) is 6.67 Å². The van der Waals surface area contributed by atoms with Gasteiger partial charge in [0.15, 0.2) is 0 Å². The SMILES string of the molecule is CC(O)(CCF)c1ccc(Oc2cccc(F)c2)cc1. The van der Waals surface area contributed by atoms with Gasteiger partial charge in [0.05, 0.1) is 12.3 Å². The van der Waals surface area contributed by atoms with Crippen molar-refractivity contribution >= 4 is 0 Å². The fourth-order valence-electron chi connectivity index (χ4n) is 1.88. The van der Waals surface area contributed by atoms with E-state index in [2.05, 4.69) is 0 Å². The molecule has 2 rings (SSSR count). The average Bonchev–Trinajstić information content (AvgIpc) is 2.39. The second-order valence-electron chi connectivity index (χ2n) is 4.80. The molecule has 0 aromatic heterocycles. The number of ether oxygens (including phenoxy) is 1. The third kappa shape index (κ3) is 3.54. The Balaban J connectivity index is 2.12. The van der Waals surface area contributed by atoms with Crippen molar-refractivity contribution in [2.24, 2.45) is 0 Å². The van der Waals surface area contributed by atoms with Crippen molar-refractivity contribution < 1.29 is 18.6 Å². The second kappa shape index (κ2) is 6.01. The van der Waals surface area contributed by atoms with Crippen LogP contribution in [0.25, 0.3) is 0 Å². The van der Waals surface area contributed by atoms with Crippen LogP contribution in [0.2, 0.25) is 0 Å². The van der Waals surface area contributed by atoms with Crippen molar-refractivity contribution in [3.05, 3.63) is 59.9 Å². The van der Waals surface area contributed by atoms with Gasteiger partial charge in [-0.1, -0.05) is 18.2 Å². The molecule has 0 aliphatic carbocycles. The van der Waals surface area contributed by atoms with Gasteiger partial charge in [-0.05, 0) is 36.8 Å². The Labute approximate surface area is 116 Å². The number of halogens is 2. The maximum Gasteiger partial charge on any atom is 0.130 e. The first-order chi connectivity index (χ1) is 9.51. The molecule has 2 nitrogen and oxygen atoms in total. The fourth-order valence-corrected chi connectivity index (χ4v) is 1.88. The Morgan fingerprint density at radius 3 is 2.40 bits per heavy atom. The predicted molar refractivity (Wildman–Crippen MR) is 73.1 cm³/mol. The summed E-state index contributed by atoms with van der Waals surface area (Å²) in [6, 6.07) is 12.5. The first-order valence-corrected chi connectivity index (χ1v) is 6.33. The summed E-state index contributed by atoms with van der Waals surface area (Å²) >= 11 is 0. The number of benzene rings is 2. The number of rotatable bonds is 5. The lowest BCUT2D eigenvalue weighted by Crippen LogP contribution is -2.21. The molecule has 1 unspecified atom stereocenters. The van der Waals surface area contributed by atoms with Gasteiger partial charge < -0.3 is 9.84 Å². The van der Waals surface area contributed by atoms with Crippen LogP contribution in [0.3, 0.4) is 0 Å². The van der Waals surface area contributed by atoms with Crippen molar-refractivity contribution in [2.45, 2.75) is 18.9 Å². The molecule has 20 heavy (non-hydrogen) atoms. The van der Waals surface area contributed by atoms with E-state index in [1.807, 2.05) is 0 Å². The van der Waals surface area contributed by atoms with Gasteiger partial charge in [0.1, 0.15) is 17.3 Å². The highest BCUT2D eigenvalue weighted by Gasteiger charge is 2.22. The molecule has 4 heteroatoms. The quantitative estimate of drug-likeness (QED) is 0.888. The first kappa shape index (κ1) is 14.5. The number of aliphatic hydroxyl groups is 1. The first-order valence-electron chi connectivity index (χ1n) is 6.33. The van der Waals surface area contributed by atoms with Crippen LogP contribution in [0.5, 0.6) is 11.5 Å². The van der Waals surface area contributed by atoms with Gasteiger partial charge in [0.2, 0.25) is 0 Å². The molecular weight excluding hydrogens is 262 g/mol. The zero-order chi connectivity index (χ0) is 14.6. The standard InChI is InChI=1S/C16H16F2O2/c1-16(19,9-10-17)12-5-7-14(8-6-12)20-15-4-2-3-13(18)11-15/h2-8,11,19H,9-10H2,1H3. The van der Waals surface area contributed by atoms with Crippen LogP contribution in [0.4, 0.5) is 8.78 Å². The molecular formula is C16H16F2O2. The molecule has 0 spiro atoms. The van der Waals surface area contributed by atoms with Crippen molar-refractivity contribution in [1.82, 2.24) is 0 Å². The molecule has 0 radical (unpaired) electrons. The van der Waals surface area contributed by atoms with Crippen LogP contribution in [0.15, 0.2) is 48.5 Å². The van der Waals surface area contributed by atoms with Crippen molar-refractivity contribution in [3.63, 3.8) is 0 Å². The Morgan fingerprint density at radius 2 is 1.80 bits per heavy atom. The molecule has 0 fully saturated rings. The van der Waals surface area contributed by atoms with Gasteiger partial charge in [-0.2, -0.15) is 0 Å². The largest absolute Gasteiger partial charge is 0.457 e. The Bertz CT molecular complexity index is 565. The molecule has 0 saturated heterocycles. The van der Waals surface area contributed by atoms with Crippen LogP contribution in [0, 0.1) is 5.82 Å². The molecule has 0 bridgehead atoms. The van der Waals surface area contributed by atoms with E-state index >= 15 is 0 Å². The number of alkyl halides is 1. The Hall–Kier alpha value is -1.94.